The normalized spacial score (nSPS) is 14.7. The standard InChI is InChI=1S/C20H23N7O7.C4H3FN2O2/c21-20-26-15-14(17(30)27-20)24-12(7-23-15)6-22-11-3-1-9(2-4-11)16(29)25-13(19(33)34)5-10(8-28)18(31)32;5-7-3(8)1-2-6-4(7)9/h1-4,8,10,12-13,22,24H,5-7H2,(H,25,29)(H,31,32)(H,33,34)(H4,21,23,26,27,30);1-2H,(H,6,9). The van der Waals surface area contributed by atoms with Crippen LogP contribution >= 0.6 is 0 Å². The Bertz CT molecular complexity index is 1640. The third kappa shape index (κ3) is 8.49. The molecule has 3 unspecified atom stereocenters. The molecular formula is C24H26FN9O9. The molecule has 1 amide bonds. The van der Waals surface area contributed by atoms with E-state index in [1.807, 2.05) is 4.98 Å². The molecule has 0 spiro atoms. The number of aromatic nitrogens is 4. The number of aromatic amines is 2. The van der Waals surface area contributed by atoms with Crippen molar-refractivity contribution in [1.29, 1.82) is 0 Å². The number of nitrogen functional groups attached to an aromatic ring is 1. The molecule has 0 aliphatic carbocycles. The fraction of sp³-hybridized carbons (Fsp3) is 0.250. The number of carboxylic acid groups (broad SMARTS) is 2. The number of nitrogens with zero attached hydrogens (tertiary/aromatic N) is 2. The lowest BCUT2D eigenvalue weighted by Crippen LogP contribution is -2.43. The van der Waals surface area contributed by atoms with Crippen LogP contribution in [0.25, 0.3) is 0 Å². The lowest BCUT2D eigenvalue weighted by molar-refractivity contribution is -0.145. The minimum Gasteiger partial charge on any atom is -0.481 e. The number of nitrogens with one attached hydrogen (secondary N) is 6. The van der Waals surface area contributed by atoms with Gasteiger partial charge in [0.15, 0.2) is 5.82 Å². The van der Waals surface area contributed by atoms with Crippen LogP contribution in [0.15, 0.2) is 50.9 Å². The van der Waals surface area contributed by atoms with Gasteiger partial charge in [-0.3, -0.25) is 24.2 Å². The van der Waals surface area contributed by atoms with E-state index in [1.165, 1.54) is 12.1 Å². The largest absolute Gasteiger partial charge is 0.481 e. The molecule has 3 aromatic rings. The summed E-state index contributed by atoms with van der Waals surface area (Å²) >= 11 is 0. The van der Waals surface area contributed by atoms with Gasteiger partial charge in [0.1, 0.15) is 23.9 Å². The molecule has 4 rings (SSSR count). The molecule has 0 fully saturated rings. The first kappa shape index (κ1) is 31.5. The van der Waals surface area contributed by atoms with E-state index in [-0.39, 0.29) is 29.5 Å². The van der Waals surface area contributed by atoms with Gasteiger partial charge in [-0.1, -0.05) is 9.27 Å². The number of fused-ring (bicyclic) bond motifs is 1. The molecule has 18 nitrogen and oxygen atoms in total. The highest BCUT2D eigenvalue weighted by atomic mass is 19.2. The number of carboxylic acids is 2. The monoisotopic (exact) mass is 603 g/mol. The van der Waals surface area contributed by atoms with Crippen molar-refractivity contribution in [2.75, 3.05) is 34.8 Å². The summed E-state index contributed by atoms with van der Waals surface area (Å²) in [6, 6.07) is 5.36. The number of benzene rings is 1. The molecular weight excluding hydrogens is 577 g/mol. The summed E-state index contributed by atoms with van der Waals surface area (Å²) in [5, 5.41) is 29.7. The number of carbonyl (C=O) groups excluding carboxylic acids is 2. The molecule has 0 saturated heterocycles. The quantitative estimate of drug-likeness (QED) is 0.0933. The van der Waals surface area contributed by atoms with Crippen molar-refractivity contribution < 1.29 is 33.9 Å². The maximum atomic E-state index is 12.4. The molecule has 10 N–H and O–H groups in total. The molecule has 1 aliphatic heterocycles. The van der Waals surface area contributed by atoms with E-state index >= 15 is 0 Å². The summed E-state index contributed by atoms with van der Waals surface area (Å²) in [5.41, 5.74) is 4.22. The smallest absolute Gasteiger partial charge is 0.357 e. The molecule has 19 heteroatoms. The zero-order chi connectivity index (χ0) is 31.7. The van der Waals surface area contributed by atoms with Gasteiger partial charge < -0.3 is 47.0 Å². The molecule has 43 heavy (non-hydrogen) atoms. The van der Waals surface area contributed by atoms with Crippen LogP contribution in [0.3, 0.4) is 0 Å². The number of aldehydes is 1. The SMILES string of the molecule is Nc1nc2c(c(=O)[nH]1)NC(CNc1ccc(C(=O)NC(CC(C=O)C(=O)O)C(=O)O)cc1)CN2.O=c1cc[nH]c(=O)n1F. The summed E-state index contributed by atoms with van der Waals surface area (Å²) in [5.74, 6) is -4.82. The van der Waals surface area contributed by atoms with Gasteiger partial charge in [0, 0.05) is 36.6 Å². The van der Waals surface area contributed by atoms with Crippen LogP contribution < -0.4 is 43.8 Å². The first-order valence-corrected chi connectivity index (χ1v) is 12.3. The Morgan fingerprint density at radius 1 is 1.14 bits per heavy atom. The molecule has 3 atom stereocenters. The molecule has 0 bridgehead atoms. The predicted octanol–water partition coefficient (Wildman–Crippen LogP) is -1.59. The fourth-order valence-corrected chi connectivity index (χ4v) is 3.67. The van der Waals surface area contributed by atoms with E-state index in [0.29, 0.717) is 24.6 Å². The third-order valence-corrected chi connectivity index (χ3v) is 5.88. The summed E-state index contributed by atoms with van der Waals surface area (Å²) in [7, 11) is 0. The number of amides is 1. The minimum absolute atomic E-state index is 0.0128. The third-order valence-electron chi connectivity index (χ3n) is 5.88. The summed E-state index contributed by atoms with van der Waals surface area (Å²) in [6.07, 6.45) is 0.638. The summed E-state index contributed by atoms with van der Waals surface area (Å²) in [6.45, 7) is 0.899. The number of anilines is 4. The number of hydrogen-bond acceptors (Lipinski definition) is 12. The number of aliphatic carboxylic acids is 2. The van der Waals surface area contributed by atoms with Crippen LogP contribution in [0.5, 0.6) is 0 Å². The van der Waals surface area contributed by atoms with Gasteiger partial charge in [0.05, 0.1) is 6.04 Å². The van der Waals surface area contributed by atoms with Crippen molar-refractivity contribution in [3.63, 3.8) is 0 Å². The highest BCUT2D eigenvalue weighted by molar-refractivity contribution is 5.97. The number of H-pyrrole nitrogens is 2. The highest BCUT2D eigenvalue weighted by Crippen LogP contribution is 2.20. The Morgan fingerprint density at radius 2 is 1.84 bits per heavy atom. The van der Waals surface area contributed by atoms with Crippen LogP contribution in [0.1, 0.15) is 16.8 Å². The fourth-order valence-electron chi connectivity index (χ4n) is 3.67. The van der Waals surface area contributed by atoms with Crippen molar-refractivity contribution in [3.05, 3.63) is 73.3 Å². The zero-order valence-corrected chi connectivity index (χ0v) is 22.0. The molecule has 2 aromatic heterocycles. The molecule has 1 aromatic carbocycles. The molecule has 0 radical (unpaired) electrons. The predicted molar refractivity (Wildman–Crippen MR) is 149 cm³/mol. The lowest BCUT2D eigenvalue weighted by Gasteiger charge is -2.27. The second-order valence-electron chi connectivity index (χ2n) is 8.94. The zero-order valence-electron chi connectivity index (χ0n) is 22.0. The average Bonchev–Trinajstić information content (AvgIpc) is 2.97. The van der Waals surface area contributed by atoms with Crippen molar-refractivity contribution in [2.24, 2.45) is 5.92 Å². The topological polar surface area (TPSA) is 283 Å². The maximum absolute atomic E-state index is 12.4. The van der Waals surface area contributed by atoms with Gasteiger partial charge in [-0.05, 0) is 30.7 Å². The van der Waals surface area contributed by atoms with Crippen LogP contribution in [0.2, 0.25) is 0 Å². The number of carbonyl (C=O) groups is 4. The Balaban J connectivity index is 0.000000480. The van der Waals surface area contributed by atoms with E-state index in [2.05, 4.69) is 31.2 Å². The van der Waals surface area contributed by atoms with Gasteiger partial charge in [0.25, 0.3) is 17.0 Å². The number of rotatable bonds is 10. The van der Waals surface area contributed by atoms with Crippen LogP contribution in [-0.2, 0) is 14.4 Å². The van der Waals surface area contributed by atoms with E-state index < -0.39 is 57.8 Å². The number of halogens is 1. The molecule has 228 valence electrons. The second-order valence-corrected chi connectivity index (χ2v) is 8.94. The van der Waals surface area contributed by atoms with E-state index in [1.54, 1.807) is 12.1 Å². The van der Waals surface area contributed by atoms with Gasteiger partial charge in [-0.2, -0.15) is 4.98 Å². The lowest BCUT2D eigenvalue weighted by atomic mass is 10.0. The van der Waals surface area contributed by atoms with Crippen LogP contribution in [0, 0.1) is 5.92 Å². The highest BCUT2D eigenvalue weighted by Gasteiger charge is 2.28. The van der Waals surface area contributed by atoms with E-state index in [9.17, 15) is 43.1 Å². The van der Waals surface area contributed by atoms with Gasteiger partial charge in [-0.25, -0.2) is 9.59 Å². The first-order chi connectivity index (χ1) is 20.4. The number of nitrogens with two attached hydrogens (primary N) is 1. The summed E-state index contributed by atoms with van der Waals surface area (Å²) < 4.78 is 12.0. The van der Waals surface area contributed by atoms with E-state index in [0.717, 1.165) is 12.3 Å². The summed E-state index contributed by atoms with van der Waals surface area (Å²) in [4.78, 5) is 85.9. The Hall–Kier alpha value is -6.01. The molecule has 3 heterocycles. The average molecular weight is 604 g/mol. The number of hydrogen-bond donors (Lipinski definition) is 9. The van der Waals surface area contributed by atoms with E-state index in [4.69, 9.17) is 10.8 Å². The van der Waals surface area contributed by atoms with Gasteiger partial charge in [0.2, 0.25) is 5.95 Å². The molecule has 0 saturated carbocycles. The van der Waals surface area contributed by atoms with Crippen molar-refractivity contribution in [3.8, 4) is 0 Å². The van der Waals surface area contributed by atoms with Crippen molar-refractivity contribution in [1.82, 2.24) is 25.1 Å². The van der Waals surface area contributed by atoms with Crippen LogP contribution in [-0.4, -0.2) is 79.3 Å². The maximum Gasteiger partial charge on any atom is 0.357 e. The van der Waals surface area contributed by atoms with Crippen molar-refractivity contribution >= 4 is 47.3 Å². The Kier molecular flexibility index (Phi) is 10.3. The Morgan fingerprint density at radius 3 is 2.42 bits per heavy atom. The first-order valence-electron chi connectivity index (χ1n) is 12.3. The van der Waals surface area contributed by atoms with Gasteiger partial charge in [-0.15, -0.1) is 0 Å². The second kappa shape index (κ2) is 14.1. The minimum atomic E-state index is -1.55. The van der Waals surface area contributed by atoms with Crippen molar-refractivity contribution in [2.45, 2.75) is 18.5 Å². The Labute approximate surface area is 239 Å². The van der Waals surface area contributed by atoms with Gasteiger partial charge >= 0.3 is 17.6 Å². The molecule has 1 aliphatic rings. The van der Waals surface area contributed by atoms with Crippen LogP contribution in [0.4, 0.5) is 27.6 Å².